The average molecular weight is 461 g/mol. The van der Waals surface area contributed by atoms with Crippen molar-refractivity contribution in [3.8, 4) is 0 Å². The van der Waals surface area contributed by atoms with Crippen LogP contribution in [0.4, 0.5) is 0 Å². The Kier molecular flexibility index (Phi) is 10.7. The monoisotopic (exact) mass is 461 g/mol. The van der Waals surface area contributed by atoms with Crippen LogP contribution in [-0.4, -0.2) is 59.7 Å². The molecule has 2 N–H and O–H groups in total. The summed E-state index contributed by atoms with van der Waals surface area (Å²) in [7, 11) is 0.561. The van der Waals surface area contributed by atoms with E-state index in [-0.39, 0.29) is 35.8 Å². The van der Waals surface area contributed by atoms with Crippen LogP contribution in [0.1, 0.15) is 39.0 Å². The molecule has 0 amide bonds. The van der Waals surface area contributed by atoms with Gasteiger partial charge in [-0.05, 0) is 38.0 Å². The van der Waals surface area contributed by atoms with E-state index in [1.54, 1.807) is 14.2 Å². The van der Waals surface area contributed by atoms with Gasteiger partial charge < -0.3 is 15.4 Å². The van der Waals surface area contributed by atoms with Crippen molar-refractivity contribution < 1.29 is 13.2 Å². The number of nitrogens with zero attached hydrogens (tertiary/aromatic N) is 1. The molecule has 1 aliphatic carbocycles. The maximum atomic E-state index is 11.2. The van der Waals surface area contributed by atoms with Crippen LogP contribution in [0, 0.1) is 5.41 Å². The molecular weight excluding hydrogens is 429 g/mol. The fraction of sp³-hybridized carbons (Fsp3) is 0.933. The molecule has 1 fully saturated rings. The third kappa shape index (κ3) is 9.09. The number of guanidine groups is 1. The zero-order valence-corrected chi connectivity index (χ0v) is 17.9. The third-order valence-electron chi connectivity index (χ3n) is 4.41. The summed E-state index contributed by atoms with van der Waals surface area (Å²) in [5.41, 5.74) is 0.323. The van der Waals surface area contributed by atoms with E-state index in [0.717, 1.165) is 25.5 Å². The van der Waals surface area contributed by atoms with Crippen LogP contribution in [-0.2, 0) is 14.6 Å². The summed E-state index contributed by atoms with van der Waals surface area (Å²) in [6, 6.07) is 0.0669. The summed E-state index contributed by atoms with van der Waals surface area (Å²) < 4.78 is 27.6. The van der Waals surface area contributed by atoms with Gasteiger partial charge in [0.05, 0.1) is 5.75 Å². The largest absolute Gasteiger partial charge is 0.385 e. The number of halogens is 1. The first-order chi connectivity index (χ1) is 10.3. The van der Waals surface area contributed by atoms with Gasteiger partial charge in [0.2, 0.25) is 0 Å². The first-order valence-corrected chi connectivity index (χ1v) is 10.0. The van der Waals surface area contributed by atoms with Gasteiger partial charge in [0, 0.05) is 39.6 Å². The van der Waals surface area contributed by atoms with E-state index in [1.165, 1.54) is 25.5 Å². The van der Waals surface area contributed by atoms with Crippen LogP contribution in [0.5, 0.6) is 0 Å². The summed E-state index contributed by atoms with van der Waals surface area (Å²) in [5, 5.41) is 6.64. The van der Waals surface area contributed by atoms with Crippen LogP contribution in [0.3, 0.4) is 0 Å². The highest BCUT2D eigenvalue weighted by Gasteiger charge is 2.36. The average Bonchev–Trinajstić information content (AvgIpc) is 2.41. The number of hydrogen-bond donors (Lipinski definition) is 2. The van der Waals surface area contributed by atoms with E-state index in [9.17, 15) is 8.42 Å². The predicted molar refractivity (Wildman–Crippen MR) is 106 cm³/mol. The molecule has 0 spiro atoms. The predicted octanol–water partition coefficient (Wildman–Crippen LogP) is 1.80. The van der Waals surface area contributed by atoms with E-state index >= 15 is 0 Å². The molecule has 0 radical (unpaired) electrons. The zero-order valence-electron chi connectivity index (χ0n) is 14.7. The number of methoxy groups -OCH3 is 1. The van der Waals surface area contributed by atoms with Gasteiger partial charge in [0.25, 0.3) is 0 Å². The highest BCUT2D eigenvalue weighted by molar-refractivity contribution is 14.0. The molecule has 23 heavy (non-hydrogen) atoms. The van der Waals surface area contributed by atoms with Gasteiger partial charge in [-0.1, -0.05) is 6.42 Å². The Balaban J connectivity index is 0.00000484. The zero-order chi connectivity index (χ0) is 16.6. The van der Waals surface area contributed by atoms with Gasteiger partial charge in [-0.3, -0.25) is 4.99 Å². The summed E-state index contributed by atoms with van der Waals surface area (Å²) in [6.45, 7) is 3.65. The second-order valence-corrected chi connectivity index (χ2v) is 8.75. The van der Waals surface area contributed by atoms with Crippen molar-refractivity contribution >= 4 is 39.8 Å². The van der Waals surface area contributed by atoms with Gasteiger partial charge in [-0.15, -0.1) is 24.0 Å². The number of hydrogen-bond acceptors (Lipinski definition) is 4. The Morgan fingerprint density at radius 3 is 2.48 bits per heavy atom. The quantitative estimate of drug-likeness (QED) is 0.311. The highest BCUT2D eigenvalue weighted by Crippen LogP contribution is 2.43. The SMILES string of the molecule is CN=C(NCC1(CCOC)CCC1)NC(C)CCS(C)(=O)=O.I. The van der Waals surface area contributed by atoms with Crippen LogP contribution in [0.15, 0.2) is 4.99 Å². The molecule has 1 atom stereocenters. The molecule has 1 saturated carbocycles. The molecule has 138 valence electrons. The lowest BCUT2D eigenvalue weighted by Gasteiger charge is -2.42. The standard InChI is InChI=1S/C15H31N3O3S.HI/c1-13(6-11-22(4,19)20)18-14(16-2)17-12-15(7-5-8-15)9-10-21-3;/h13H,5-12H2,1-4H3,(H2,16,17,18);1H. The van der Waals surface area contributed by atoms with Crippen LogP contribution < -0.4 is 10.6 Å². The molecule has 6 nitrogen and oxygen atoms in total. The number of rotatable bonds is 9. The molecule has 0 bridgehead atoms. The van der Waals surface area contributed by atoms with Crippen LogP contribution in [0.25, 0.3) is 0 Å². The summed E-state index contributed by atoms with van der Waals surface area (Å²) in [6.07, 6.45) is 6.64. The number of aliphatic imine (C=N–C) groups is 1. The van der Waals surface area contributed by atoms with Crippen molar-refractivity contribution in [2.75, 3.05) is 39.3 Å². The Morgan fingerprint density at radius 2 is 2.04 bits per heavy atom. The molecule has 0 heterocycles. The topological polar surface area (TPSA) is 79.8 Å². The van der Waals surface area contributed by atoms with Crippen molar-refractivity contribution in [2.24, 2.45) is 10.4 Å². The van der Waals surface area contributed by atoms with Crippen LogP contribution in [0.2, 0.25) is 0 Å². The summed E-state index contributed by atoms with van der Waals surface area (Å²) >= 11 is 0. The molecule has 0 aliphatic heterocycles. The minimum absolute atomic E-state index is 0. The van der Waals surface area contributed by atoms with E-state index < -0.39 is 9.84 Å². The molecule has 0 aromatic heterocycles. The van der Waals surface area contributed by atoms with E-state index in [2.05, 4.69) is 15.6 Å². The second kappa shape index (κ2) is 10.7. The van der Waals surface area contributed by atoms with Crippen LogP contribution >= 0.6 is 24.0 Å². The van der Waals surface area contributed by atoms with E-state index in [0.29, 0.717) is 11.8 Å². The lowest BCUT2D eigenvalue weighted by atomic mass is 9.67. The third-order valence-corrected chi connectivity index (χ3v) is 5.39. The van der Waals surface area contributed by atoms with Gasteiger partial charge in [0.15, 0.2) is 5.96 Å². The Hall–Kier alpha value is -0.0900. The fourth-order valence-electron chi connectivity index (χ4n) is 2.67. The smallest absolute Gasteiger partial charge is 0.191 e. The Labute approximate surface area is 158 Å². The maximum absolute atomic E-state index is 11.2. The maximum Gasteiger partial charge on any atom is 0.191 e. The number of sulfone groups is 1. The first kappa shape index (κ1) is 22.9. The molecule has 0 aromatic carbocycles. The molecular formula is C15H32IN3O3S. The van der Waals surface area contributed by atoms with Gasteiger partial charge in [0.1, 0.15) is 9.84 Å². The Morgan fingerprint density at radius 1 is 1.39 bits per heavy atom. The molecule has 0 aromatic rings. The molecule has 0 saturated heterocycles. The Bertz CT molecular complexity index is 465. The minimum atomic E-state index is -2.92. The van der Waals surface area contributed by atoms with Crippen molar-refractivity contribution in [2.45, 2.75) is 45.1 Å². The lowest BCUT2D eigenvalue weighted by Crippen LogP contribution is -2.49. The van der Waals surface area contributed by atoms with E-state index in [4.69, 9.17) is 4.74 Å². The van der Waals surface area contributed by atoms with Gasteiger partial charge >= 0.3 is 0 Å². The number of ether oxygens (including phenoxy) is 1. The summed E-state index contributed by atoms with van der Waals surface area (Å²) in [4.78, 5) is 4.23. The van der Waals surface area contributed by atoms with Crippen molar-refractivity contribution in [1.82, 2.24) is 10.6 Å². The minimum Gasteiger partial charge on any atom is -0.385 e. The fourth-order valence-corrected chi connectivity index (χ4v) is 3.45. The molecule has 1 rings (SSSR count). The highest BCUT2D eigenvalue weighted by atomic mass is 127. The molecule has 1 aliphatic rings. The van der Waals surface area contributed by atoms with E-state index in [1.807, 2.05) is 6.92 Å². The summed E-state index contributed by atoms with van der Waals surface area (Å²) in [5.74, 6) is 0.931. The first-order valence-electron chi connectivity index (χ1n) is 7.94. The van der Waals surface area contributed by atoms with Gasteiger partial charge in [-0.25, -0.2) is 8.42 Å². The van der Waals surface area contributed by atoms with Crippen molar-refractivity contribution in [3.63, 3.8) is 0 Å². The van der Waals surface area contributed by atoms with Crippen molar-refractivity contribution in [3.05, 3.63) is 0 Å². The number of nitrogens with one attached hydrogen (secondary N) is 2. The second-order valence-electron chi connectivity index (χ2n) is 6.49. The lowest BCUT2D eigenvalue weighted by molar-refractivity contribution is 0.0732. The van der Waals surface area contributed by atoms with Gasteiger partial charge in [-0.2, -0.15) is 0 Å². The molecule has 1 unspecified atom stereocenters. The van der Waals surface area contributed by atoms with Crippen molar-refractivity contribution in [1.29, 1.82) is 0 Å². The molecule has 8 heteroatoms. The normalized spacial score (nSPS) is 18.5.